The zero-order valence-electron chi connectivity index (χ0n) is 9.77. The summed E-state index contributed by atoms with van der Waals surface area (Å²) in [5.41, 5.74) is 5.66. The minimum absolute atomic E-state index is 0.0193. The van der Waals surface area contributed by atoms with Crippen molar-refractivity contribution in [3.63, 3.8) is 0 Å². The van der Waals surface area contributed by atoms with Gasteiger partial charge in [0.2, 0.25) is 0 Å². The smallest absolute Gasteiger partial charge is 0.166 e. The van der Waals surface area contributed by atoms with E-state index >= 15 is 0 Å². The van der Waals surface area contributed by atoms with Gasteiger partial charge >= 0.3 is 0 Å². The quantitative estimate of drug-likeness (QED) is 0.849. The van der Waals surface area contributed by atoms with Crippen LogP contribution in [0.15, 0.2) is 18.3 Å². The maximum Gasteiger partial charge on any atom is 0.166 e. The number of nitrogens with two attached hydrogens (primary N) is 1. The van der Waals surface area contributed by atoms with Gasteiger partial charge in [0, 0.05) is 6.20 Å². The molecule has 0 aromatic carbocycles. The molecule has 1 atom stereocenters. The van der Waals surface area contributed by atoms with E-state index in [-0.39, 0.29) is 11.7 Å². The van der Waals surface area contributed by atoms with Gasteiger partial charge in [0.15, 0.2) is 11.6 Å². The normalized spacial score (nSPS) is 23.2. The minimum Gasteiger partial charge on any atom is -0.487 e. The molecule has 0 saturated carbocycles. The van der Waals surface area contributed by atoms with Gasteiger partial charge < -0.3 is 15.2 Å². The molecule has 0 aliphatic carbocycles. The van der Waals surface area contributed by atoms with Crippen molar-refractivity contribution in [1.29, 1.82) is 0 Å². The molecule has 0 bridgehead atoms. The predicted octanol–water partition coefficient (Wildman–Crippen LogP) is 2.00. The standard InChI is InChI=1S/C12H18N2O2/c1-12(2)6-5-9(16-12)8-15-10-4-3-7-14-11(10)13/h3-4,7,9H,5-6,8H2,1-2H3,(H2,13,14). The zero-order chi connectivity index (χ0) is 11.6. The van der Waals surface area contributed by atoms with Gasteiger partial charge in [-0.2, -0.15) is 0 Å². The molecule has 1 aromatic heterocycles. The lowest BCUT2D eigenvalue weighted by molar-refractivity contribution is -0.0325. The number of anilines is 1. The summed E-state index contributed by atoms with van der Waals surface area (Å²) in [5, 5.41) is 0. The van der Waals surface area contributed by atoms with Crippen molar-refractivity contribution in [2.24, 2.45) is 0 Å². The van der Waals surface area contributed by atoms with Crippen LogP contribution in [-0.4, -0.2) is 23.3 Å². The summed E-state index contributed by atoms with van der Waals surface area (Å²) in [5.74, 6) is 1.07. The first-order valence-electron chi connectivity index (χ1n) is 5.58. The molecule has 88 valence electrons. The third kappa shape index (κ3) is 2.64. The molecule has 0 spiro atoms. The summed E-state index contributed by atoms with van der Waals surface area (Å²) >= 11 is 0. The Morgan fingerprint density at radius 1 is 1.62 bits per heavy atom. The molecule has 16 heavy (non-hydrogen) atoms. The van der Waals surface area contributed by atoms with E-state index in [4.69, 9.17) is 15.2 Å². The summed E-state index contributed by atoms with van der Waals surface area (Å²) in [6.45, 7) is 4.75. The maximum atomic E-state index is 5.82. The molecule has 2 N–H and O–H groups in total. The first kappa shape index (κ1) is 11.2. The van der Waals surface area contributed by atoms with E-state index in [9.17, 15) is 0 Å². The number of hydrogen-bond donors (Lipinski definition) is 1. The molecule has 1 saturated heterocycles. The summed E-state index contributed by atoms with van der Waals surface area (Å²) in [6, 6.07) is 3.63. The Kier molecular flexibility index (Phi) is 3.01. The SMILES string of the molecule is CC1(C)CCC(COc2cccnc2N)O1. The van der Waals surface area contributed by atoms with E-state index in [1.807, 2.05) is 12.1 Å². The monoisotopic (exact) mass is 222 g/mol. The highest BCUT2D eigenvalue weighted by Gasteiger charge is 2.31. The fraction of sp³-hybridized carbons (Fsp3) is 0.583. The lowest BCUT2D eigenvalue weighted by atomic mass is 10.1. The Bertz CT molecular complexity index is 366. The van der Waals surface area contributed by atoms with Gasteiger partial charge in [-0.15, -0.1) is 0 Å². The summed E-state index contributed by atoms with van der Waals surface area (Å²) in [4.78, 5) is 3.96. The van der Waals surface area contributed by atoms with Crippen LogP contribution in [-0.2, 0) is 4.74 Å². The van der Waals surface area contributed by atoms with Crippen molar-refractivity contribution in [2.75, 3.05) is 12.3 Å². The molecule has 1 aliphatic heterocycles. The molecule has 1 fully saturated rings. The maximum absolute atomic E-state index is 5.82. The molecule has 0 radical (unpaired) electrons. The van der Waals surface area contributed by atoms with E-state index in [2.05, 4.69) is 18.8 Å². The Hall–Kier alpha value is -1.29. The fourth-order valence-electron chi connectivity index (χ4n) is 1.90. The number of aromatic nitrogens is 1. The minimum atomic E-state index is -0.0193. The molecule has 1 aliphatic rings. The molecular weight excluding hydrogens is 204 g/mol. The van der Waals surface area contributed by atoms with E-state index in [0.717, 1.165) is 12.8 Å². The number of pyridine rings is 1. The van der Waals surface area contributed by atoms with E-state index in [0.29, 0.717) is 18.2 Å². The van der Waals surface area contributed by atoms with Crippen LogP contribution in [0.3, 0.4) is 0 Å². The van der Waals surface area contributed by atoms with E-state index in [1.165, 1.54) is 0 Å². The van der Waals surface area contributed by atoms with Gasteiger partial charge in [0.25, 0.3) is 0 Å². The molecular formula is C12H18N2O2. The number of ether oxygens (including phenoxy) is 2. The van der Waals surface area contributed by atoms with Crippen LogP contribution in [0, 0.1) is 0 Å². The Labute approximate surface area is 95.8 Å². The highest BCUT2D eigenvalue weighted by Crippen LogP contribution is 2.30. The van der Waals surface area contributed by atoms with Crippen LogP contribution in [0.1, 0.15) is 26.7 Å². The van der Waals surface area contributed by atoms with Crippen LogP contribution in [0.4, 0.5) is 5.82 Å². The van der Waals surface area contributed by atoms with E-state index < -0.39 is 0 Å². The molecule has 2 rings (SSSR count). The predicted molar refractivity (Wildman–Crippen MR) is 62.3 cm³/mol. The highest BCUT2D eigenvalue weighted by atomic mass is 16.6. The topological polar surface area (TPSA) is 57.4 Å². The average molecular weight is 222 g/mol. The largest absolute Gasteiger partial charge is 0.487 e. The van der Waals surface area contributed by atoms with Crippen LogP contribution >= 0.6 is 0 Å². The summed E-state index contributed by atoms with van der Waals surface area (Å²) in [7, 11) is 0. The molecule has 1 aromatic rings. The fourth-order valence-corrected chi connectivity index (χ4v) is 1.90. The van der Waals surface area contributed by atoms with E-state index in [1.54, 1.807) is 6.20 Å². The lowest BCUT2D eigenvalue weighted by Crippen LogP contribution is -2.24. The first-order chi connectivity index (χ1) is 7.57. The van der Waals surface area contributed by atoms with Crippen molar-refractivity contribution < 1.29 is 9.47 Å². The Morgan fingerprint density at radius 3 is 3.06 bits per heavy atom. The lowest BCUT2D eigenvalue weighted by Gasteiger charge is -2.19. The van der Waals surface area contributed by atoms with Crippen LogP contribution in [0.2, 0.25) is 0 Å². The third-order valence-corrected chi connectivity index (χ3v) is 2.78. The highest BCUT2D eigenvalue weighted by molar-refractivity contribution is 5.44. The van der Waals surface area contributed by atoms with Crippen LogP contribution in [0.25, 0.3) is 0 Å². The number of hydrogen-bond acceptors (Lipinski definition) is 4. The Morgan fingerprint density at radius 2 is 2.44 bits per heavy atom. The zero-order valence-corrected chi connectivity index (χ0v) is 9.77. The second-order valence-electron chi connectivity index (χ2n) is 4.74. The third-order valence-electron chi connectivity index (χ3n) is 2.78. The summed E-state index contributed by atoms with van der Waals surface area (Å²) < 4.78 is 11.4. The molecule has 0 amide bonds. The van der Waals surface area contributed by atoms with Crippen molar-refractivity contribution in [1.82, 2.24) is 4.98 Å². The Balaban J connectivity index is 1.87. The van der Waals surface area contributed by atoms with Crippen molar-refractivity contribution >= 4 is 5.82 Å². The molecule has 1 unspecified atom stereocenters. The molecule has 2 heterocycles. The van der Waals surface area contributed by atoms with Crippen molar-refractivity contribution in [2.45, 2.75) is 38.4 Å². The van der Waals surface area contributed by atoms with Gasteiger partial charge in [-0.3, -0.25) is 0 Å². The number of nitrogens with zero attached hydrogens (tertiary/aromatic N) is 1. The molecule has 4 nitrogen and oxygen atoms in total. The van der Waals surface area contributed by atoms with Gasteiger partial charge in [0.05, 0.1) is 11.7 Å². The van der Waals surface area contributed by atoms with Crippen molar-refractivity contribution in [3.05, 3.63) is 18.3 Å². The summed E-state index contributed by atoms with van der Waals surface area (Å²) in [6.07, 6.45) is 3.92. The van der Waals surface area contributed by atoms with Crippen molar-refractivity contribution in [3.8, 4) is 5.75 Å². The molecule has 4 heteroatoms. The number of nitrogen functional groups attached to an aromatic ring is 1. The first-order valence-corrected chi connectivity index (χ1v) is 5.58. The van der Waals surface area contributed by atoms with Gasteiger partial charge in [-0.1, -0.05) is 0 Å². The number of rotatable bonds is 3. The van der Waals surface area contributed by atoms with Gasteiger partial charge in [-0.25, -0.2) is 4.98 Å². The van der Waals surface area contributed by atoms with Crippen LogP contribution in [0.5, 0.6) is 5.75 Å². The van der Waals surface area contributed by atoms with Crippen LogP contribution < -0.4 is 10.5 Å². The average Bonchev–Trinajstić information content (AvgIpc) is 2.57. The van der Waals surface area contributed by atoms with Gasteiger partial charge in [-0.05, 0) is 38.8 Å². The second kappa shape index (κ2) is 4.29. The second-order valence-corrected chi connectivity index (χ2v) is 4.74. The van der Waals surface area contributed by atoms with Gasteiger partial charge in [0.1, 0.15) is 6.61 Å².